The van der Waals surface area contributed by atoms with E-state index in [1.807, 2.05) is 84.0 Å². The molecule has 0 saturated carbocycles. The van der Waals surface area contributed by atoms with E-state index < -0.39 is 0 Å². The number of ether oxygens (including phenoxy) is 2. The van der Waals surface area contributed by atoms with Crippen molar-refractivity contribution in [3.05, 3.63) is 84.6 Å². The Labute approximate surface area is 248 Å². The van der Waals surface area contributed by atoms with Gasteiger partial charge >= 0.3 is 7.12 Å². The Bertz CT molecular complexity index is 987. The SMILES string of the molecule is C=C(C)B1OC(C)(C)C(C)(C)O1.C=C(C)c1cccc(OCCCC)c1.CCCCOc1cccc(Br)c1.[CH3-]. The molecule has 4 nitrogen and oxygen atoms in total. The van der Waals surface area contributed by atoms with Gasteiger partial charge in [-0.2, -0.15) is 0 Å². The zero-order chi connectivity index (χ0) is 28.8. The molecule has 3 rings (SSSR count). The molecule has 1 saturated heterocycles. The van der Waals surface area contributed by atoms with Gasteiger partial charge in [0.15, 0.2) is 0 Å². The molecule has 0 bridgehead atoms. The van der Waals surface area contributed by atoms with Crippen molar-refractivity contribution in [2.45, 2.75) is 92.3 Å². The number of hydrogen-bond acceptors (Lipinski definition) is 4. The van der Waals surface area contributed by atoms with Gasteiger partial charge in [0.25, 0.3) is 0 Å². The average Bonchev–Trinajstić information content (AvgIpc) is 3.07. The average molecular weight is 602 g/mol. The van der Waals surface area contributed by atoms with Crippen LogP contribution in [0.3, 0.4) is 0 Å². The minimum Gasteiger partial charge on any atom is -0.494 e. The third kappa shape index (κ3) is 13.7. The van der Waals surface area contributed by atoms with Gasteiger partial charge in [0, 0.05) is 4.47 Å². The summed E-state index contributed by atoms with van der Waals surface area (Å²) in [5.41, 5.74) is 2.67. The third-order valence-corrected chi connectivity index (χ3v) is 6.81. The zero-order valence-corrected chi connectivity index (χ0v) is 27.4. The van der Waals surface area contributed by atoms with Crippen molar-refractivity contribution < 1.29 is 18.8 Å². The van der Waals surface area contributed by atoms with E-state index in [4.69, 9.17) is 18.8 Å². The molecule has 0 aromatic heterocycles. The second kappa shape index (κ2) is 18.4. The van der Waals surface area contributed by atoms with Crippen LogP contribution in [-0.2, 0) is 9.31 Å². The van der Waals surface area contributed by atoms with Gasteiger partial charge in [0.05, 0.1) is 24.4 Å². The molecule has 1 fully saturated rings. The lowest BCUT2D eigenvalue weighted by atomic mass is 9.81. The van der Waals surface area contributed by atoms with Crippen LogP contribution in [0.25, 0.3) is 5.57 Å². The maximum Gasteiger partial charge on any atom is 0.489 e. The molecule has 0 radical (unpaired) electrons. The molecule has 1 aliphatic heterocycles. The number of halogens is 1. The Morgan fingerprint density at radius 2 is 1.28 bits per heavy atom. The van der Waals surface area contributed by atoms with Crippen LogP contribution in [0.15, 0.2) is 71.6 Å². The second-order valence-corrected chi connectivity index (χ2v) is 11.5. The largest absolute Gasteiger partial charge is 0.494 e. The van der Waals surface area contributed by atoms with E-state index in [2.05, 4.69) is 49.0 Å². The zero-order valence-electron chi connectivity index (χ0n) is 25.9. The van der Waals surface area contributed by atoms with E-state index in [-0.39, 0.29) is 25.7 Å². The van der Waals surface area contributed by atoms with Crippen molar-refractivity contribution in [1.29, 1.82) is 0 Å². The number of rotatable bonds is 10. The predicted octanol–water partition coefficient (Wildman–Crippen LogP) is 10.2. The van der Waals surface area contributed by atoms with Gasteiger partial charge in [0.1, 0.15) is 11.5 Å². The molecular weight excluding hydrogens is 551 g/mol. The second-order valence-electron chi connectivity index (χ2n) is 10.6. The van der Waals surface area contributed by atoms with Gasteiger partial charge in [-0.1, -0.05) is 78.4 Å². The number of hydrogen-bond donors (Lipinski definition) is 0. The molecule has 2 aromatic carbocycles. The van der Waals surface area contributed by atoms with Gasteiger partial charge in [-0.15, -0.1) is 6.58 Å². The quantitative estimate of drug-likeness (QED) is 0.154. The lowest BCUT2D eigenvalue weighted by Gasteiger charge is -2.32. The van der Waals surface area contributed by atoms with Crippen LogP contribution in [0.4, 0.5) is 0 Å². The van der Waals surface area contributed by atoms with Crippen molar-refractivity contribution >= 4 is 28.6 Å². The van der Waals surface area contributed by atoms with Crippen molar-refractivity contribution in [3.8, 4) is 11.5 Å². The van der Waals surface area contributed by atoms with E-state index >= 15 is 0 Å². The fourth-order valence-corrected chi connectivity index (χ4v) is 3.50. The van der Waals surface area contributed by atoms with Crippen molar-refractivity contribution in [3.63, 3.8) is 0 Å². The Kier molecular flexibility index (Phi) is 17.4. The molecule has 0 unspecified atom stereocenters. The minimum absolute atomic E-state index is 0. The molecule has 0 N–H and O–H groups in total. The molecule has 0 amide bonds. The highest BCUT2D eigenvalue weighted by molar-refractivity contribution is 9.10. The van der Waals surface area contributed by atoms with Crippen LogP contribution >= 0.6 is 15.9 Å². The predicted molar refractivity (Wildman–Crippen MR) is 173 cm³/mol. The molecule has 0 spiro atoms. The van der Waals surface area contributed by atoms with E-state index in [1.165, 1.54) is 12.8 Å². The molecular formula is C33H51BBrO4-. The molecule has 0 aliphatic carbocycles. The fourth-order valence-electron chi connectivity index (χ4n) is 3.12. The van der Waals surface area contributed by atoms with Gasteiger partial charge in [0.2, 0.25) is 0 Å². The Balaban J connectivity index is 0.000000551. The maximum absolute atomic E-state index is 5.70. The smallest absolute Gasteiger partial charge is 0.489 e. The highest BCUT2D eigenvalue weighted by atomic mass is 79.9. The summed E-state index contributed by atoms with van der Waals surface area (Å²) in [5.74, 6) is 1.89. The first-order chi connectivity index (χ1) is 17.8. The Hall–Kier alpha value is -2.02. The topological polar surface area (TPSA) is 36.9 Å². The van der Waals surface area contributed by atoms with E-state index in [0.29, 0.717) is 0 Å². The Morgan fingerprint density at radius 1 is 0.821 bits per heavy atom. The summed E-state index contributed by atoms with van der Waals surface area (Å²) >= 11 is 3.39. The highest BCUT2D eigenvalue weighted by Gasteiger charge is 2.51. The molecule has 1 aliphatic rings. The fraction of sp³-hybridized carbons (Fsp3) is 0.485. The van der Waals surface area contributed by atoms with Crippen LogP contribution in [0.2, 0.25) is 0 Å². The van der Waals surface area contributed by atoms with Gasteiger partial charge in [-0.05, 0) is 90.3 Å². The maximum atomic E-state index is 5.70. The monoisotopic (exact) mass is 601 g/mol. The van der Waals surface area contributed by atoms with Gasteiger partial charge in [-0.25, -0.2) is 0 Å². The number of allylic oxidation sites excluding steroid dienone is 2. The number of benzene rings is 2. The van der Waals surface area contributed by atoms with E-state index in [1.54, 1.807) is 0 Å². The normalized spacial score (nSPS) is 14.5. The first-order valence-electron chi connectivity index (χ1n) is 13.6. The van der Waals surface area contributed by atoms with E-state index in [9.17, 15) is 0 Å². The van der Waals surface area contributed by atoms with Gasteiger partial charge in [-0.3, -0.25) is 0 Å². The van der Waals surface area contributed by atoms with Crippen molar-refractivity contribution in [2.75, 3.05) is 13.2 Å². The number of unbranched alkanes of at least 4 members (excludes halogenated alkanes) is 2. The molecule has 218 valence electrons. The van der Waals surface area contributed by atoms with Crippen molar-refractivity contribution in [2.24, 2.45) is 0 Å². The lowest BCUT2D eigenvalue weighted by Crippen LogP contribution is -2.41. The first kappa shape index (κ1) is 37.0. The third-order valence-electron chi connectivity index (χ3n) is 6.31. The minimum atomic E-state index is -0.241. The van der Waals surface area contributed by atoms with Gasteiger partial charge < -0.3 is 26.2 Å². The van der Waals surface area contributed by atoms with Crippen LogP contribution in [0.1, 0.15) is 86.6 Å². The summed E-state index contributed by atoms with van der Waals surface area (Å²) in [7, 11) is -0.241. The molecule has 0 atom stereocenters. The summed E-state index contributed by atoms with van der Waals surface area (Å²) in [4.78, 5) is 0. The highest BCUT2D eigenvalue weighted by Crippen LogP contribution is 2.38. The molecule has 2 aromatic rings. The summed E-state index contributed by atoms with van der Waals surface area (Å²) in [5, 5.41) is 0. The van der Waals surface area contributed by atoms with Crippen LogP contribution in [0.5, 0.6) is 11.5 Å². The summed E-state index contributed by atoms with van der Waals surface area (Å²) in [6.45, 7) is 25.7. The lowest BCUT2D eigenvalue weighted by molar-refractivity contribution is 0.00578. The first-order valence-corrected chi connectivity index (χ1v) is 14.4. The molecule has 39 heavy (non-hydrogen) atoms. The summed E-state index contributed by atoms with van der Waals surface area (Å²) < 4.78 is 23.6. The van der Waals surface area contributed by atoms with Crippen LogP contribution < -0.4 is 9.47 Å². The van der Waals surface area contributed by atoms with Crippen LogP contribution in [0, 0.1) is 7.43 Å². The standard InChI is InChI=1S/C13H18O.C10H13BrO.C9H17BO2.CH3/c1-4-5-9-14-13-8-6-7-12(10-13)11(2)3;1-2-3-7-12-10-6-4-5-9(11)8-10;1-7(2)10-11-8(3,4)9(5,6)12-10;/h6-8,10H,2,4-5,9H2,1,3H3;4-6,8H,2-3,7H2,1H3;1H2,2-6H3;1H3/q;;;-1. The molecule has 6 heteroatoms. The summed E-state index contributed by atoms with van der Waals surface area (Å²) in [6.07, 6.45) is 4.57. The summed E-state index contributed by atoms with van der Waals surface area (Å²) in [6, 6.07) is 16.0. The molecule has 1 heterocycles. The van der Waals surface area contributed by atoms with Crippen molar-refractivity contribution in [1.82, 2.24) is 0 Å². The van der Waals surface area contributed by atoms with Crippen LogP contribution in [-0.4, -0.2) is 31.5 Å². The van der Waals surface area contributed by atoms with E-state index in [0.717, 1.165) is 58.6 Å². The Morgan fingerprint density at radius 3 is 1.67 bits per heavy atom.